The average Bonchev–Trinajstić information content (AvgIpc) is 2.44. The highest BCUT2D eigenvalue weighted by atomic mass is 16.3. The summed E-state index contributed by atoms with van der Waals surface area (Å²) in [6.45, 7) is 0. The van der Waals surface area contributed by atoms with Gasteiger partial charge in [-0.05, 0) is 19.3 Å². The molecule has 1 aromatic heterocycles. The molecule has 1 N–H and O–H groups in total. The van der Waals surface area contributed by atoms with Crippen molar-refractivity contribution < 1.29 is 5.11 Å². The van der Waals surface area contributed by atoms with Crippen molar-refractivity contribution in [1.29, 1.82) is 0 Å². The van der Waals surface area contributed by atoms with Gasteiger partial charge in [-0.25, -0.2) is 0 Å². The molecule has 2 rings (SSSR count). The average molecular weight is 192 g/mol. The van der Waals surface area contributed by atoms with Crippen molar-refractivity contribution in [3.8, 4) is 0 Å². The lowest BCUT2D eigenvalue weighted by Crippen LogP contribution is -2.10. The molecule has 1 heterocycles. The Kier molecular flexibility index (Phi) is 3.09. The molecule has 3 heteroatoms. The predicted molar refractivity (Wildman–Crippen MR) is 53.9 cm³/mol. The molecule has 1 aromatic rings. The first-order valence-corrected chi connectivity index (χ1v) is 5.30. The molecular weight excluding hydrogens is 176 g/mol. The zero-order chi connectivity index (χ0) is 9.80. The number of rotatable bonds is 1. The van der Waals surface area contributed by atoms with Crippen LogP contribution >= 0.6 is 0 Å². The third-order valence-corrected chi connectivity index (χ3v) is 2.90. The summed E-state index contributed by atoms with van der Waals surface area (Å²) in [4.78, 5) is 8.38. The van der Waals surface area contributed by atoms with Crippen molar-refractivity contribution >= 4 is 0 Å². The van der Waals surface area contributed by atoms with E-state index in [-0.39, 0.29) is 6.10 Å². The summed E-state index contributed by atoms with van der Waals surface area (Å²) in [6.07, 6.45) is 10.3. The maximum atomic E-state index is 9.67. The van der Waals surface area contributed by atoms with Crippen molar-refractivity contribution in [3.63, 3.8) is 0 Å². The number of nitrogens with zero attached hydrogens (tertiary/aromatic N) is 2. The maximum absolute atomic E-state index is 9.67. The van der Waals surface area contributed by atoms with Crippen LogP contribution in [0.25, 0.3) is 0 Å². The number of hydrogen-bond donors (Lipinski definition) is 1. The van der Waals surface area contributed by atoms with Gasteiger partial charge in [-0.15, -0.1) is 0 Å². The van der Waals surface area contributed by atoms with Crippen molar-refractivity contribution in [2.75, 3.05) is 0 Å². The minimum Gasteiger partial charge on any atom is -0.393 e. The molecular formula is C11H16N2O. The third-order valence-electron chi connectivity index (χ3n) is 2.90. The van der Waals surface area contributed by atoms with Crippen LogP contribution in [0.1, 0.15) is 43.7 Å². The van der Waals surface area contributed by atoms with E-state index in [1.807, 2.05) is 6.20 Å². The van der Waals surface area contributed by atoms with Crippen LogP contribution in [0, 0.1) is 0 Å². The highest BCUT2D eigenvalue weighted by Crippen LogP contribution is 2.29. The summed E-state index contributed by atoms with van der Waals surface area (Å²) in [5.74, 6) is 0.404. The van der Waals surface area contributed by atoms with Crippen LogP contribution in [0.2, 0.25) is 0 Å². The molecule has 0 amide bonds. The smallest absolute Gasteiger partial charge is 0.0618 e. The first kappa shape index (κ1) is 9.59. The summed E-state index contributed by atoms with van der Waals surface area (Å²) in [7, 11) is 0. The van der Waals surface area contributed by atoms with E-state index in [9.17, 15) is 5.11 Å². The second kappa shape index (κ2) is 4.51. The van der Waals surface area contributed by atoms with Gasteiger partial charge in [0.15, 0.2) is 0 Å². The minimum atomic E-state index is -0.149. The molecule has 76 valence electrons. The zero-order valence-electron chi connectivity index (χ0n) is 8.26. The fourth-order valence-corrected chi connectivity index (χ4v) is 2.12. The maximum Gasteiger partial charge on any atom is 0.0618 e. The van der Waals surface area contributed by atoms with Crippen molar-refractivity contribution in [2.45, 2.75) is 44.1 Å². The number of aliphatic hydroxyl groups is 1. The van der Waals surface area contributed by atoms with E-state index in [1.54, 1.807) is 12.4 Å². The standard InChI is InChI=1S/C11H16N2O/c14-10-4-2-1-3-9(7-10)11-8-12-5-6-13-11/h5-6,8-10,14H,1-4,7H2. The second-order valence-electron chi connectivity index (χ2n) is 4.00. The molecule has 0 radical (unpaired) electrons. The lowest BCUT2D eigenvalue weighted by molar-refractivity contribution is 0.151. The summed E-state index contributed by atoms with van der Waals surface area (Å²) in [6, 6.07) is 0. The molecule has 0 spiro atoms. The van der Waals surface area contributed by atoms with Crippen LogP contribution in [0.5, 0.6) is 0 Å². The van der Waals surface area contributed by atoms with Crippen LogP contribution in [0.4, 0.5) is 0 Å². The number of aromatic nitrogens is 2. The lowest BCUT2D eigenvalue weighted by Gasteiger charge is -2.14. The van der Waals surface area contributed by atoms with Gasteiger partial charge in [0, 0.05) is 24.5 Å². The van der Waals surface area contributed by atoms with E-state index < -0.39 is 0 Å². The largest absolute Gasteiger partial charge is 0.393 e. The van der Waals surface area contributed by atoms with Crippen LogP contribution in [0.3, 0.4) is 0 Å². The molecule has 0 aliphatic heterocycles. The van der Waals surface area contributed by atoms with Crippen LogP contribution < -0.4 is 0 Å². The van der Waals surface area contributed by atoms with Crippen LogP contribution in [-0.2, 0) is 0 Å². The Morgan fingerprint density at radius 3 is 2.86 bits per heavy atom. The minimum absolute atomic E-state index is 0.149. The molecule has 1 saturated carbocycles. The summed E-state index contributed by atoms with van der Waals surface area (Å²) >= 11 is 0. The molecule has 2 atom stereocenters. The second-order valence-corrected chi connectivity index (χ2v) is 4.00. The van der Waals surface area contributed by atoms with Gasteiger partial charge >= 0.3 is 0 Å². The topological polar surface area (TPSA) is 46.0 Å². The van der Waals surface area contributed by atoms with Gasteiger partial charge < -0.3 is 5.11 Å². The highest BCUT2D eigenvalue weighted by molar-refractivity contribution is 5.04. The SMILES string of the molecule is OC1CCCCC(c2cnccn2)C1. The number of hydrogen-bond acceptors (Lipinski definition) is 3. The quantitative estimate of drug-likeness (QED) is 0.691. The molecule has 1 fully saturated rings. The Balaban J connectivity index is 2.09. The summed E-state index contributed by atoms with van der Waals surface area (Å²) in [5.41, 5.74) is 1.04. The van der Waals surface area contributed by atoms with E-state index in [0.29, 0.717) is 5.92 Å². The molecule has 0 saturated heterocycles. The van der Waals surface area contributed by atoms with Crippen LogP contribution in [0.15, 0.2) is 18.6 Å². The van der Waals surface area contributed by atoms with E-state index in [0.717, 1.165) is 31.4 Å². The Morgan fingerprint density at radius 1 is 1.21 bits per heavy atom. The van der Waals surface area contributed by atoms with Gasteiger partial charge in [0.2, 0.25) is 0 Å². The first-order chi connectivity index (χ1) is 6.86. The predicted octanol–water partition coefficient (Wildman–Crippen LogP) is 1.89. The molecule has 1 aliphatic carbocycles. The van der Waals surface area contributed by atoms with Crippen LogP contribution in [-0.4, -0.2) is 21.2 Å². The normalized spacial score (nSPS) is 28.4. The van der Waals surface area contributed by atoms with Gasteiger partial charge in [-0.1, -0.05) is 12.8 Å². The van der Waals surface area contributed by atoms with Gasteiger partial charge in [0.25, 0.3) is 0 Å². The fourth-order valence-electron chi connectivity index (χ4n) is 2.12. The third kappa shape index (κ3) is 2.29. The van der Waals surface area contributed by atoms with Gasteiger partial charge in [-0.2, -0.15) is 0 Å². The Bertz CT molecular complexity index is 276. The Hall–Kier alpha value is -0.960. The Morgan fingerprint density at radius 2 is 2.07 bits per heavy atom. The molecule has 1 aliphatic rings. The fraction of sp³-hybridized carbons (Fsp3) is 0.636. The van der Waals surface area contributed by atoms with E-state index >= 15 is 0 Å². The molecule has 2 unspecified atom stereocenters. The lowest BCUT2D eigenvalue weighted by atomic mass is 9.96. The van der Waals surface area contributed by atoms with E-state index in [1.165, 1.54) is 6.42 Å². The molecule has 0 aromatic carbocycles. The molecule has 0 bridgehead atoms. The summed E-state index contributed by atoms with van der Waals surface area (Å²) in [5, 5.41) is 9.67. The van der Waals surface area contributed by atoms with Crippen molar-refractivity contribution in [3.05, 3.63) is 24.3 Å². The van der Waals surface area contributed by atoms with E-state index in [4.69, 9.17) is 0 Å². The van der Waals surface area contributed by atoms with Gasteiger partial charge in [-0.3, -0.25) is 9.97 Å². The van der Waals surface area contributed by atoms with Gasteiger partial charge in [0.1, 0.15) is 0 Å². The van der Waals surface area contributed by atoms with E-state index in [2.05, 4.69) is 9.97 Å². The zero-order valence-corrected chi connectivity index (χ0v) is 8.26. The number of aliphatic hydroxyl groups excluding tert-OH is 1. The monoisotopic (exact) mass is 192 g/mol. The highest BCUT2D eigenvalue weighted by Gasteiger charge is 2.20. The summed E-state index contributed by atoms with van der Waals surface area (Å²) < 4.78 is 0. The first-order valence-electron chi connectivity index (χ1n) is 5.30. The molecule has 14 heavy (non-hydrogen) atoms. The van der Waals surface area contributed by atoms with Gasteiger partial charge in [0.05, 0.1) is 11.8 Å². The molecule has 3 nitrogen and oxygen atoms in total. The van der Waals surface area contributed by atoms with Crippen molar-refractivity contribution in [2.24, 2.45) is 0 Å². The Labute approximate surface area is 84.2 Å². The van der Waals surface area contributed by atoms with Crippen molar-refractivity contribution in [1.82, 2.24) is 9.97 Å².